The van der Waals surface area contributed by atoms with Crippen molar-refractivity contribution in [2.24, 2.45) is 0 Å². The molecule has 0 spiro atoms. The third-order valence-electron chi connectivity index (χ3n) is 4.52. The van der Waals surface area contributed by atoms with Crippen LogP contribution in [0.4, 0.5) is 8.78 Å². The van der Waals surface area contributed by atoms with Crippen molar-refractivity contribution in [3.8, 4) is 11.1 Å². The smallest absolute Gasteiger partial charge is 0.166 e. The second-order valence-corrected chi connectivity index (χ2v) is 6.33. The molecule has 122 valence electrons. The minimum Gasteiger partial charge on any atom is -0.203 e. The summed E-state index contributed by atoms with van der Waals surface area (Å²) in [5.74, 6) is -1.75. The minimum absolute atomic E-state index is 0.202. The number of benzene rings is 3. The van der Waals surface area contributed by atoms with E-state index in [2.05, 4.69) is 0 Å². The molecule has 1 atom stereocenters. The summed E-state index contributed by atoms with van der Waals surface area (Å²) in [5.41, 5.74) is 4.57. The van der Waals surface area contributed by atoms with E-state index in [1.807, 2.05) is 69.3 Å². The Morgan fingerprint density at radius 1 is 0.667 bits per heavy atom. The molecule has 0 aliphatic rings. The van der Waals surface area contributed by atoms with Gasteiger partial charge in [-0.2, -0.15) is 0 Å². The fourth-order valence-electron chi connectivity index (χ4n) is 2.89. The molecule has 0 aliphatic carbocycles. The van der Waals surface area contributed by atoms with Gasteiger partial charge in [-0.15, -0.1) is 0 Å². The first-order valence-electron chi connectivity index (χ1n) is 8.09. The van der Waals surface area contributed by atoms with Crippen molar-refractivity contribution in [2.45, 2.75) is 26.7 Å². The molecule has 1 unspecified atom stereocenters. The first-order valence-corrected chi connectivity index (χ1v) is 8.09. The molecule has 0 N–H and O–H groups in total. The van der Waals surface area contributed by atoms with E-state index >= 15 is 0 Å². The van der Waals surface area contributed by atoms with Crippen LogP contribution in [0, 0.1) is 25.5 Å². The topological polar surface area (TPSA) is 0 Å². The lowest BCUT2D eigenvalue weighted by molar-refractivity contribution is 0.498. The van der Waals surface area contributed by atoms with Crippen molar-refractivity contribution < 1.29 is 8.78 Å². The van der Waals surface area contributed by atoms with E-state index in [-0.39, 0.29) is 5.92 Å². The van der Waals surface area contributed by atoms with Gasteiger partial charge in [-0.25, -0.2) is 8.78 Å². The van der Waals surface area contributed by atoms with Crippen LogP contribution in [-0.2, 0) is 0 Å². The summed E-state index contributed by atoms with van der Waals surface area (Å²) in [4.78, 5) is 0. The lowest BCUT2D eigenvalue weighted by Crippen LogP contribution is -2.03. The van der Waals surface area contributed by atoms with Gasteiger partial charge in [-0.1, -0.05) is 78.7 Å². The molecule has 0 radical (unpaired) electrons. The summed E-state index contributed by atoms with van der Waals surface area (Å²) in [6.07, 6.45) is 0. The lowest BCUT2D eigenvalue weighted by atomic mass is 9.90. The molecular formula is C22H20F2. The van der Waals surface area contributed by atoms with Gasteiger partial charge in [0.1, 0.15) is 0 Å². The number of aryl methyl sites for hydroxylation is 2. The summed E-state index contributed by atoms with van der Waals surface area (Å²) in [5, 5.41) is 0. The van der Waals surface area contributed by atoms with Gasteiger partial charge in [0.25, 0.3) is 0 Å². The Morgan fingerprint density at radius 3 is 1.79 bits per heavy atom. The van der Waals surface area contributed by atoms with E-state index in [1.165, 1.54) is 0 Å². The molecule has 0 saturated carbocycles. The van der Waals surface area contributed by atoms with Gasteiger partial charge < -0.3 is 0 Å². The van der Waals surface area contributed by atoms with Gasteiger partial charge >= 0.3 is 0 Å². The van der Waals surface area contributed by atoms with Crippen LogP contribution >= 0.6 is 0 Å². The maximum atomic E-state index is 14.7. The normalized spacial score (nSPS) is 12.2. The standard InChI is InChI=1S/C22H20F2/c1-14-4-8-17(9-5-14)16(3)19-12-13-20(22(24)21(19)23)18-10-6-15(2)7-11-18/h4-13,16H,1-3H3. The van der Waals surface area contributed by atoms with Gasteiger partial charge in [0.2, 0.25) is 0 Å². The number of rotatable bonds is 3. The van der Waals surface area contributed by atoms with Crippen molar-refractivity contribution in [3.63, 3.8) is 0 Å². The zero-order chi connectivity index (χ0) is 17.3. The molecule has 2 heteroatoms. The molecule has 0 heterocycles. The molecule has 3 rings (SSSR count). The maximum Gasteiger partial charge on any atom is 0.166 e. The second-order valence-electron chi connectivity index (χ2n) is 6.33. The van der Waals surface area contributed by atoms with E-state index in [0.717, 1.165) is 16.7 Å². The third kappa shape index (κ3) is 3.09. The van der Waals surface area contributed by atoms with E-state index in [1.54, 1.807) is 12.1 Å². The molecule has 0 fully saturated rings. The first-order chi connectivity index (χ1) is 11.5. The van der Waals surface area contributed by atoms with Crippen molar-refractivity contribution in [3.05, 3.63) is 94.6 Å². The highest BCUT2D eigenvalue weighted by atomic mass is 19.2. The highest BCUT2D eigenvalue weighted by molar-refractivity contribution is 5.65. The largest absolute Gasteiger partial charge is 0.203 e. The fraction of sp³-hybridized carbons (Fsp3) is 0.182. The predicted molar refractivity (Wildman–Crippen MR) is 95.2 cm³/mol. The summed E-state index contributed by atoms with van der Waals surface area (Å²) in [7, 11) is 0. The van der Waals surface area contributed by atoms with Crippen LogP contribution in [0.15, 0.2) is 60.7 Å². The van der Waals surface area contributed by atoms with Crippen LogP contribution in [0.2, 0.25) is 0 Å². The Bertz CT molecular complexity index is 846. The SMILES string of the molecule is Cc1ccc(-c2ccc(C(C)c3ccc(C)cc3)c(F)c2F)cc1. The Kier molecular flexibility index (Phi) is 4.48. The van der Waals surface area contributed by atoms with Crippen LogP contribution in [-0.4, -0.2) is 0 Å². The molecule has 3 aromatic carbocycles. The zero-order valence-corrected chi connectivity index (χ0v) is 14.1. The summed E-state index contributed by atoms with van der Waals surface area (Å²) < 4.78 is 29.3. The van der Waals surface area contributed by atoms with Gasteiger partial charge in [0.05, 0.1) is 0 Å². The van der Waals surface area contributed by atoms with Crippen LogP contribution in [0.5, 0.6) is 0 Å². The number of halogens is 2. The summed E-state index contributed by atoms with van der Waals surface area (Å²) in [6, 6.07) is 18.7. The average molecular weight is 322 g/mol. The molecular weight excluding hydrogens is 302 g/mol. The van der Waals surface area contributed by atoms with Crippen molar-refractivity contribution in [2.75, 3.05) is 0 Å². The Balaban J connectivity index is 2.01. The Morgan fingerprint density at radius 2 is 1.21 bits per heavy atom. The predicted octanol–water partition coefficient (Wildman–Crippen LogP) is 6.40. The van der Waals surface area contributed by atoms with E-state index in [9.17, 15) is 8.78 Å². The van der Waals surface area contributed by atoms with Gasteiger partial charge in [-0.05, 0) is 30.5 Å². The molecule has 0 aromatic heterocycles. The van der Waals surface area contributed by atoms with Crippen LogP contribution in [0.25, 0.3) is 11.1 Å². The quantitative estimate of drug-likeness (QED) is 0.523. The highest BCUT2D eigenvalue weighted by Gasteiger charge is 2.19. The molecule has 24 heavy (non-hydrogen) atoms. The Hall–Kier alpha value is -2.48. The van der Waals surface area contributed by atoms with Crippen molar-refractivity contribution in [1.82, 2.24) is 0 Å². The molecule has 0 aliphatic heterocycles. The van der Waals surface area contributed by atoms with Crippen molar-refractivity contribution >= 4 is 0 Å². The van der Waals surface area contributed by atoms with Crippen LogP contribution in [0.1, 0.15) is 35.1 Å². The highest BCUT2D eigenvalue weighted by Crippen LogP contribution is 2.32. The number of hydrogen-bond acceptors (Lipinski definition) is 0. The summed E-state index contributed by atoms with van der Waals surface area (Å²) in [6.45, 7) is 5.87. The van der Waals surface area contributed by atoms with E-state index < -0.39 is 11.6 Å². The van der Waals surface area contributed by atoms with E-state index in [4.69, 9.17) is 0 Å². The van der Waals surface area contributed by atoms with Gasteiger partial charge in [0.15, 0.2) is 11.6 Å². The lowest BCUT2D eigenvalue weighted by Gasteiger charge is -2.16. The second kappa shape index (κ2) is 6.56. The van der Waals surface area contributed by atoms with Gasteiger partial charge in [0, 0.05) is 11.5 Å². The molecule has 0 nitrogen and oxygen atoms in total. The minimum atomic E-state index is -0.782. The van der Waals surface area contributed by atoms with E-state index in [0.29, 0.717) is 16.7 Å². The molecule has 0 bridgehead atoms. The first kappa shape index (κ1) is 16.4. The van der Waals surface area contributed by atoms with Crippen LogP contribution < -0.4 is 0 Å². The molecule has 3 aromatic rings. The maximum absolute atomic E-state index is 14.7. The fourth-order valence-corrected chi connectivity index (χ4v) is 2.89. The summed E-state index contributed by atoms with van der Waals surface area (Å²) >= 11 is 0. The van der Waals surface area contributed by atoms with Gasteiger partial charge in [-0.3, -0.25) is 0 Å². The monoisotopic (exact) mass is 322 g/mol. The zero-order valence-electron chi connectivity index (χ0n) is 14.1. The molecule has 0 amide bonds. The third-order valence-corrected chi connectivity index (χ3v) is 4.52. The molecule has 0 saturated heterocycles. The average Bonchev–Trinajstić information content (AvgIpc) is 2.58. The number of hydrogen-bond donors (Lipinski definition) is 0. The van der Waals surface area contributed by atoms with Crippen LogP contribution in [0.3, 0.4) is 0 Å². The van der Waals surface area contributed by atoms with Crippen molar-refractivity contribution in [1.29, 1.82) is 0 Å². The Labute approximate surface area is 141 Å².